The maximum atomic E-state index is 11.2. The quantitative estimate of drug-likeness (QED) is 0.702. The minimum atomic E-state index is -0.478. The van der Waals surface area contributed by atoms with Crippen molar-refractivity contribution >= 4 is 11.7 Å². The lowest BCUT2D eigenvalue weighted by atomic mass is 9.93. The fourth-order valence-electron chi connectivity index (χ4n) is 1.94. The summed E-state index contributed by atoms with van der Waals surface area (Å²) in [6, 6.07) is 7.92. The van der Waals surface area contributed by atoms with Gasteiger partial charge in [-0.05, 0) is 24.1 Å². The minimum Gasteiger partial charge on any atom is -0.396 e. The molecule has 0 saturated carbocycles. The molecule has 1 aliphatic heterocycles. The number of anilines is 1. The highest BCUT2D eigenvalue weighted by Gasteiger charge is 2.26. The normalized spacial score (nSPS) is 19.8. The van der Waals surface area contributed by atoms with Gasteiger partial charge in [0.05, 0.1) is 0 Å². The number of carbonyl (C=O) groups excluding carboxylic acids is 1. The summed E-state index contributed by atoms with van der Waals surface area (Å²) >= 11 is 0. The largest absolute Gasteiger partial charge is 0.396 e. The van der Waals surface area contributed by atoms with Crippen molar-refractivity contribution in [3.63, 3.8) is 0 Å². The van der Waals surface area contributed by atoms with E-state index in [1.807, 2.05) is 6.07 Å². The van der Waals surface area contributed by atoms with Crippen molar-refractivity contribution in [2.75, 3.05) is 18.1 Å². The molecule has 1 unspecified atom stereocenters. The van der Waals surface area contributed by atoms with Gasteiger partial charge in [0.2, 0.25) is 0 Å². The maximum Gasteiger partial charge on any atom is 0.319 e. The van der Waals surface area contributed by atoms with E-state index in [-0.39, 0.29) is 12.5 Å². The highest BCUT2D eigenvalue weighted by atomic mass is 16.3. The molecular formula is C11H13N2O2. The molecule has 15 heavy (non-hydrogen) atoms. The Balaban J connectivity index is 2.38. The first-order valence-corrected chi connectivity index (χ1v) is 4.89. The molecule has 0 spiro atoms. The summed E-state index contributed by atoms with van der Waals surface area (Å²) in [5.74, 6) is 0.0763. The van der Waals surface area contributed by atoms with E-state index in [4.69, 9.17) is 10.8 Å². The summed E-state index contributed by atoms with van der Waals surface area (Å²) in [7, 11) is 0. The molecule has 1 aliphatic rings. The van der Waals surface area contributed by atoms with Crippen molar-refractivity contribution in [1.29, 1.82) is 0 Å². The monoisotopic (exact) mass is 205 g/mol. The smallest absolute Gasteiger partial charge is 0.319 e. The van der Waals surface area contributed by atoms with Gasteiger partial charge in [-0.25, -0.2) is 4.79 Å². The number of fused-ring (bicyclic) bond motifs is 1. The Hall–Kier alpha value is -1.55. The number of aliphatic hydroxyl groups excluding tert-OH is 1. The van der Waals surface area contributed by atoms with Gasteiger partial charge in [0.25, 0.3) is 0 Å². The molecule has 1 heterocycles. The third-order valence-electron chi connectivity index (χ3n) is 2.69. The highest BCUT2D eigenvalue weighted by Crippen LogP contribution is 2.28. The van der Waals surface area contributed by atoms with Crippen molar-refractivity contribution in [2.24, 2.45) is 11.7 Å². The number of hydrogen-bond donors (Lipinski definition) is 2. The second kappa shape index (κ2) is 3.90. The van der Waals surface area contributed by atoms with Crippen molar-refractivity contribution in [1.82, 2.24) is 0 Å². The molecule has 0 aromatic heterocycles. The van der Waals surface area contributed by atoms with Crippen LogP contribution in [0, 0.1) is 12.0 Å². The summed E-state index contributed by atoms with van der Waals surface area (Å²) in [4.78, 5) is 12.7. The molecule has 3 N–H and O–H groups in total. The second-order valence-electron chi connectivity index (χ2n) is 3.76. The topological polar surface area (TPSA) is 66.6 Å². The van der Waals surface area contributed by atoms with E-state index in [0.717, 1.165) is 17.7 Å². The van der Waals surface area contributed by atoms with E-state index in [1.54, 1.807) is 12.1 Å². The van der Waals surface area contributed by atoms with Gasteiger partial charge in [-0.3, -0.25) is 4.90 Å². The van der Waals surface area contributed by atoms with Crippen molar-refractivity contribution < 1.29 is 9.90 Å². The number of aliphatic hydroxyl groups is 1. The van der Waals surface area contributed by atoms with Gasteiger partial charge < -0.3 is 10.8 Å². The van der Waals surface area contributed by atoms with Crippen molar-refractivity contribution in [2.45, 2.75) is 6.42 Å². The molecule has 1 atom stereocenters. The molecule has 1 radical (unpaired) electrons. The zero-order valence-electron chi connectivity index (χ0n) is 8.31. The Morgan fingerprint density at radius 2 is 2.53 bits per heavy atom. The maximum absolute atomic E-state index is 11.2. The number of nitrogens with zero attached hydrogens (tertiary/aromatic N) is 1. The number of urea groups is 1. The Labute approximate surface area is 88.3 Å². The molecule has 0 bridgehead atoms. The fraction of sp³-hybridized carbons (Fsp3) is 0.364. The van der Waals surface area contributed by atoms with Gasteiger partial charge in [0.1, 0.15) is 0 Å². The first-order chi connectivity index (χ1) is 7.22. The lowest BCUT2D eigenvalue weighted by molar-refractivity contribution is 0.220. The molecule has 1 aromatic rings. The van der Waals surface area contributed by atoms with Crippen molar-refractivity contribution in [3.8, 4) is 0 Å². The molecule has 4 heteroatoms. The number of primary amides is 1. The summed E-state index contributed by atoms with van der Waals surface area (Å²) < 4.78 is 0. The van der Waals surface area contributed by atoms with Crippen LogP contribution in [-0.4, -0.2) is 24.3 Å². The molecule has 0 aliphatic carbocycles. The van der Waals surface area contributed by atoms with Gasteiger partial charge in [-0.1, -0.05) is 12.1 Å². The number of carbonyl (C=O) groups is 1. The van der Waals surface area contributed by atoms with Gasteiger partial charge in [-0.15, -0.1) is 0 Å². The molecule has 2 amide bonds. The Morgan fingerprint density at radius 1 is 1.73 bits per heavy atom. The lowest BCUT2D eigenvalue weighted by Gasteiger charge is -2.32. The first-order valence-electron chi connectivity index (χ1n) is 4.89. The number of hydrogen-bond acceptors (Lipinski definition) is 2. The number of benzene rings is 1. The summed E-state index contributed by atoms with van der Waals surface area (Å²) in [6.07, 6.45) is 0.782. The predicted molar refractivity (Wildman–Crippen MR) is 56.5 cm³/mol. The van der Waals surface area contributed by atoms with Gasteiger partial charge >= 0.3 is 6.03 Å². The Bertz CT molecular complexity index is 379. The summed E-state index contributed by atoms with van der Waals surface area (Å²) in [5, 5.41) is 9.13. The number of amides is 2. The molecular weight excluding hydrogens is 192 g/mol. The molecule has 1 aromatic carbocycles. The third-order valence-corrected chi connectivity index (χ3v) is 2.69. The van der Waals surface area contributed by atoms with Crippen LogP contribution in [0.2, 0.25) is 0 Å². The molecule has 0 saturated heterocycles. The standard InChI is InChI=1S/C11H13N2O2/c12-11(15)13-6-8(7-14)5-9-3-1-2-4-10(9)13/h1,3-4,8,14H,5-7H2,(H2,12,15). The van der Waals surface area contributed by atoms with Crippen LogP contribution in [0.15, 0.2) is 18.2 Å². The summed E-state index contributed by atoms with van der Waals surface area (Å²) in [6.45, 7) is 0.554. The SMILES string of the molecule is NC(=O)N1CC(CO)Cc2cc[c]cc21. The Morgan fingerprint density at radius 3 is 3.20 bits per heavy atom. The van der Waals surface area contributed by atoms with Gasteiger partial charge in [-0.2, -0.15) is 0 Å². The van der Waals surface area contributed by atoms with E-state index < -0.39 is 6.03 Å². The molecule has 79 valence electrons. The minimum absolute atomic E-state index is 0.0713. The average Bonchev–Trinajstić information content (AvgIpc) is 2.27. The van der Waals surface area contributed by atoms with Crippen LogP contribution < -0.4 is 10.6 Å². The van der Waals surface area contributed by atoms with E-state index in [1.165, 1.54) is 4.90 Å². The van der Waals surface area contributed by atoms with Crippen LogP contribution in [0.3, 0.4) is 0 Å². The molecule has 0 fully saturated rings. The zero-order valence-corrected chi connectivity index (χ0v) is 8.31. The highest BCUT2D eigenvalue weighted by molar-refractivity contribution is 5.92. The van der Waals surface area contributed by atoms with Crippen LogP contribution in [0.25, 0.3) is 0 Å². The zero-order chi connectivity index (χ0) is 10.8. The number of nitrogens with two attached hydrogens (primary N) is 1. The first kappa shape index (κ1) is 9.98. The van der Waals surface area contributed by atoms with E-state index in [9.17, 15) is 4.79 Å². The van der Waals surface area contributed by atoms with E-state index >= 15 is 0 Å². The molecule has 4 nitrogen and oxygen atoms in total. The van der Waals surface area contributed by atoms with E-state index in [2.05, 4.69) is 6.07 Å². The third kappa shape index (κ3) is 1.80. The van der Waals surface area contributed by atoms with Gasteiger partial charge in [0, 0.05) is 24.8 Å². The van der Waals surface area contributed by atoms with Crippen LogP contribution in [0.1, 0.15) is 5.56 Å². The van der Waals surface area contributed by atoms with Gasteiger partial charge in [0.15, 0.2) is 0 Å². The van der Waals surface area contributed by atoms with Crippen molar-refractivity contribution in [3.05, 3.63) is 29.8 Å². The summed E-state index contributed by atoms with van der Waals surface area (Å²) in [5.41, 5.74) is 7.14. The number of rotatable bonds is 1. The Kier molecular flexibility index (Phi) is 2.60. The van der Waals surface area contributed by atoms with Crippen LogP contribution in [0.5, 0.6) is 0 Å². The van der Waals surface area contributed by atoms with E-state index in [0.29, 0.717) is 6.54 Å². The lowest BCUT2D eigenvalue weighted by Crippen LogP contribution is -2.44. The van der Waals surface area contributed by atoms with Crippen LogP contribution in [0.4, 0.5) is 10.5 Å². The average molecular weight is 205 g/mol. The van der Waals surface area contributed by atoms with Crippen LogP contribution in [-0.2, 0) is 6.42 Å². The molecule has 2 rings (SSSR count). The predicted octanol–water partition coefficient (Wildman–Crippen LogP) is 0.536. The van der Waals surface area contributed by atoms with Crippen LogP contribution >= 0.6 is 0 Å². The fourth-order valence-corrected chi connectivity index (χ4v) is 1.94. The second-order valence-corrected chi connectivity index (χ2v) is 3.76.